The second kappa shape index (κ2) is 4.95. The minimum absolute atomic E-state index is 0.0948. The molecule has 84 valence electrons. The van der Waals surface area contributed by atoms with Crippen LogP contribution >= 0.6 is 34.5 Å². The van der Waals surface area contributed by atoms with Crippen LogP contribution in [-0.4, -0.2) is 22.2 Å². The molecule has 0 aliphatic carbocycles. The zero-order valence-corrected chi connectivity index (χ0v) is 10.7. The minimum atomic E-state index is 0.0948. The van der Waals surface area contributed by atoms with E-state index < -0.39 is 0 Å². The summed E-state index contributed by atoms with van der Waals surface area (Å²) in [5.41, 5.74) is 0. The molecule has 0 aliphatic heterocycles. The van der Waals surface area contributed by atoms with Gasteiger partial charge in [0.15, 0.2) is 11.0 Å². The standard InChI is InChI=1S/C9H8Cl2N4S/c1-15(5-6-3-2-4-16-6)8-7(10)13-14-9(11)12-8/h2-4H,5H2,1H3. The Morgan fingerprint density at radius 2 is 2.19 bits per heavy atom. The van der Waals surface area contributed by atoms with Crippen LogP contribution in [0.1, 0.15) is 4.88 Å². The number of nitrogens with zero attached hydrogens (tertiary/aromatic N) is 4. The molecule has 0 unspecified atom stereocenters. The van der Waals surface area contributed by atoms with Gasteiger partial charge in [-0.25, -0.2) is 0 Å². The van der Waals surface area contributed by atoms with E-state index in [2.05, 4.69) is 15.2 Å². The summed E-state index contributed by atoms with van der Waals surface area (Å²) in [7, 11) is 1.88. The highest BCUT2D eigenvalue weighted by atomic mass is 35.5. The van der Waals surface area contributed by atoms with Crippen molar-refractivity contribution in [3.05, 3.63) is 32.8 Å². The van der Waals surface area contributed by atoms with Gasteiger partial charge in [-0.1, -0.05) is 17.7 Å². The second-order valence-electron chi connectivity index (χ2n) is 3.13. The highest BCUT2D eigenvalue weighted by Crippen LogP contribution is 2.22. The number of hydrogen-bond acceptors (Lipinski definition) is 5. The molecular weight excluding hydrogens is 267 g/mol. The van der Waals surface area contributed by atoms with Crippen molar-refractivity contribution in [2.45, 2.75) is 6.54 Å². The van der Waals surface area contributed by atoms with Crippen LogP contribution in [0.2, 0.25) is 10.4 Å². The van der Waals surface area contributed by atoms with Gasteiger partial charge in [-0.15, -0.1) is 21.5 Å². The van der Waals surface area contributed by atoms with E-state index >= 15 is 0 Å². The van der Waals surface area contributed by atoms with E-state index in [0.29, 0.717) is 12.4 Å². The van der Waals surface area contributed by atoms with Crippen LogP contribution in [0.25, 0.3) is 0 Å². The maximum absolute atomic E-state index is 5.90. The molecule has 0 saturated heterocycles. The van der Waals surface area contributed by atoms with Crippen molar-refractivity contribution in [3.8, 4) is 0 Å². The van der Waals surface area contributed by atoms with Crippen molar-refractivity contribution >= 4 is 40.4 Å². The number of anilines is 1. The predicted octanol–water partition coefficient (Wildman–Crippen LogP) is 2.88. The van der Waals surface area contributed by atoms with E-state index in [-0.39, 0.29) is 10.4 Å². The summed E-state index contributed by atoms with van der Waals surface area (Å²) in [6, 6.07) is 4.05. The van der Waals surface area contributed by atoms with E-state index in [1.807, 2.05) is 29.5 Å². The third-order valence-electron chi connectivity index (χ3n) is 1.94. The van der Waals surface area contributed by atoms with Gasteiger partial charge in [-0.2, -0.15) is 4.98 Å². The molecule has 0 fully saturated rings. The number of halogens is 2. The molecule has 0 aliphatic rings. The summed E-state index contributed by atoms with van der Waals surface area (Å²) < 4.78 is 0. The molecule has 2 aromatic rings. The van der Waals surface area contributed by atoms with E-state index in [1.165, 1.54) is 4.88 Å². The van der Waals surface area contributed by atoms with Crippen molar-refractivity contribution in [2.24, 2.45) is 0 Å². The lowest BCUT2D eigenvalue weighted by Crippen LogP contribution is -2.18. The van der Waals surface area contributed by atoms with Crippen LogP contribution in [0.5, 0.6) is 0 Å². The van der Waals surface area contributed by atoms with Gasteiger partial charge in [-0.3, -0.25) is 0 Å². The van der Waals surface area contributed by atoms with Crippen molar-refractivity contribution in [1.82, 2.24) is 15.2 Å². The first-order valence-corrected chi connectivity index (χ1v) is 6.09. The van der Waals surface area contributed by atoms with Gasteiger partial charge < -0.3 is 4.90 Å². The van der Waals surface area contributed by atoms with Gasteiger partial charge in [0.2, 0.25) is 5.28 Å². The average molecular weight is 275 g/mol. The largest absolute Gasteiger partial charge is 0.352 e. The first-order chi connectivity index (χ1) is 7.66. The summed E-state index contributed by atoms with van der Waals surface area (Å²) in [6.07, 6.45) is 0. The Bertz CT molecular complexity index is 474. The molecule has 0 aromatic carbocycles. The monoisotopic (exact) mass is 274 g/mol. The van der Waals surface area contributed by atoms with Gasteiger partial charge in [-0.05, 0) is 23.0 Å². The fraction of sp³-hybridized carbons (Fsp3) is 0.222. The molecule has 16 heavy (non-hydrogen) atoms. The number of thiophene rings is 1. The SMILES string of the molecule is CN(Cc1cccs1)c1nc(Cl)nnc1Cl. The van der Waals surface area contributed by atoms with Crippen LogP contribution in [0, 0.1) is 0 Å². The molecule has 7 heteroatoms. The molecule has 0 N–H and O–H groups in total. The maximum atomic E-state index is 5.90. The Hall–Kier alpha value is -0.910. The van der Waals surface area contributed by atoms with Crippen molar-refractivity contribution in [3.63, 3.8) is 0 Å². The van der Waals surface area contributed by atoms with Crippen LogP contribution in [0.4, 0.5) is 5.82 Å². The van der Waals surface area contributed by atoms with Crippen LogP contribution in [-0.2, 0) is 6.54 Å². The van der Waals surface area contributed by atoms with Gasteiger partial charge in [0, 0.05) is 11.9 Å². The van der Waals surface area contributed by atoms with Gasteiger partial charge in [0.1, 0.15) is 0 Å². The van der Waals surface area contributed by atoms with Crippen molar-refractivity contribution in [1.29, 1.82) is 0 Å². The number of rotatable bonds is 3. The topological polar surface area (TPSA) is 41.9 Å². The fourth-order valence-corrected chi connectivity index (χ4v) is 2.34. The lowest BCUT2D eigenvalue weighted by Gasteiger charge is -2.17. The van der Waals surface area contributed by atoms with E-state index in [9.17, 15) is 0 Å². The van der Waals surface area contributed by atoms with Gasteiger partial charge in [0.25, 0.3) is 0 Å². The Morgan fingerprint density at radius 3 is 2.88 bits per heavy atom. The summed E-state index contributed by atoms with van der Waals surface area (Å²) >= 11 is 13.2. The van der Waals surface area contributed by atoms with Gasteiger partial charge in [0.05, 0.1) is 6.54 Å². The highest BCUT2D eigenvalue weighted by molar-refractivity contribution is 7.09. The molecule has 0 spiro atoms. The third kappa shape index (κ3) is 2.61. The summed E-state index contributed by atoms with van der Waals surface area (Å²) in [4.78, 5) is 7.14. The van der Waals surface area contributed by atoms with Crippen LogP contribution < -0.4 is 4.90 Å². The quantitative estimate of drug-likeness (QED) is 0.863. The molecular formula is C9H8Cl2N4S. The molecule has 4 nitrogen and oxygen atoms in total. The number of aromatic nitrogens is 3. The Labute approximate surface area is 107 Å². The lowest BCUT2D eigenvalue weighted by atomic mass is 10.4. The molecule has 0 amide bonds. The Balaban J connectivity index is 2.20. The van der Waals surface area contributed by atoms with Crippen molar-refractivity contribution < 1.29 is 0 Å². The highest BCUT2D eigenvalue weighted by Gasteiger charge is 2.11. The summed E-state index contributed by atoms with van der Waals surface area (Å²) in [5.74, 6) is 0.537. The van der Waals surface area contributed by atoms with Crippen molar-refractivity contribution in [2.75, 3.05) is 11.9 Å². The van der Waals surface area contributed by atoms with E-state index in [1.54, 1.807) is 11.3 Å². The van der Waals surface area contributed by atoms with Crippen LogP contribution in [0.15, 0.2) is 17.5 Å². The first-order valence-electron chi connectivity index (χ1n) is 4.46. The second-order valence-corrected chi connectivity index (χ2v) is 4.86. The maximum Gasteiger partial charge on any atom is 0.245 e. The van der Waals surface area contributed by atoms with Gasteiger partial charge >= 0.3 is 0 Å². The average Bonchev–Trinajstić information content (AvgIpc) is 2.74. The lowest BCUT2D eigenvalue weighted by molar-refractivity contribution is 0.871. The summed E-state index contributed by atoms with van der Waals surface area (Å²) in [5, 5.41) is 9.65. The normalized spacial score (nSPS) is 10.4. The number of hydrogen-bond donors (Lipinski definition) is 0. The molecule has 2 aromatic heterocycles. The zero-order chi connectivity index (χ0) is 11.5. The zero-order valence-electron chi connectivity index (χ0n) is 8.39. The molecule has 0 atom stereocenters. The summed E-state index contributed by atoms with van der Waals surface area (Å²) in [6.45, 7) is 0.715. The fourth-order valence-electron chi connectivity index (χ4n) is 1.24. The Kier molecular flexibility index (Phi) is 3.58. The predicted molar refractivity (Wildman–Crippen MR) is 66.3 cm³/mol. The molecule has 0 saturated carbocycles. The Morgan fingerprint density at radius 1 is 1.38 bits per heavy atom. The molecule has 0 bridgehead atoms. The smallest absolute Gasteiger partial charge is 0.245 e. The van der Waals surface area contributed by atoms with Crippen LogP contribution in [0.3, 0.4) is 0 Å². The molecule has 0 radical (unpaired) electrons. The third-order valence-corrected chi connectivity index (χ3v) is 3.20. The van der Waals surface area contributed by atoms with E-state index in [0.717, 1.165) is 0 Å². The minimum Gasteiger partial charge on any atom is -0.352 e. The van der Waals surface area contributed by atoms with E-state index in [4.69, 9.17) is 23.2 Å². The molecule has 2 heterocycles. The molecule has 2 rings (SSSR count). The first kappa shape index (κ1) is 11.6.